The summed E-state index contributed by atoms with van der Waals surface area (Å²) in [6, 6.07) is 20.7. The fraction of sp³-hybridized carbons (Fsp3) is 0.250. The van der Waals surface area contributed by atoms with Crippen LogP contribution in [0.15, 0.2) is 60.7 Å². The molecular formula is C16H16O. The lowest BCUT2D eigenvalue weighted by atomic mass is 9.75. The Morgan fingerprint density at radius 3 is 1.88 bits per heavy atom. The molecule has 17 heavy (non-hydrogen) atoms. The Morgan fingerprint density at radius 1 is 0.765 bits per heavy atom. The predicted molar refractivity (Wildman–Crippen MR) is 69.0 cm³/mol. The Balaban J connectivity index is 1.89. The van der Waals surface area contributed by atoms with Crippen molar-refractivity contribution in [2.45, 2.75) is 24.9 Å². The summed E-state index contributed by atoms with van der Waals surface area (Å²) in [5, 5.41) is 0. The summed E-state index contributed by atoms with van der Waals surface area (Å²) in [7, 11) is 0. The highest BCUT2D eigenvalue weighted by molar-refractivity contribution is 5.29. The maximum absolute atomic E-state index is 6.22. The highest BCUT2D eigenvalue weighted by Crippen LogP contribution is 2.44. The van der Waals surface area contributed by atoms with Crippen LogP contribution in [0.1, 0.15) is 24.8 Å². The molecule has 0 aromatic heterocycles. The van der Waals surface area contributed by atoms with Gasteiger partial charge in [0.25, 0.3) is 0 Å². The van der Waals surface area contributed by atoms with Crippen molar-refractivity contribution < 1.29 is 4.74 Å². The lowest BCUT2D eigenvalue weighted by molar-refractivity contribution is -0.0121. The van der Waals surface area contributed by atoms with E-state index in [1.807, 2.05) is 30.3 Å². The number of hydrogen-bond donors (Lipinski definition) is 0. The second-order valence-electron chi connectivity index (χ2n) is 4.63. The summed E-state index contributed by atoms with van der Waals surface area (Å²) >= 11 is 0. The van der Waals surface area contributed by atoms with E-state index in [9.17, 15) is 0 Å². The Labute approximate surface area is 102 Å². The average molecular weight is 224 g/mol. The van der Waals surface area contributed by atoms with Crippen LogP contribution in [-0.2, 0) is 5.60 Å². The van der Waals surface area contributed by atoms with Crippen LogP contribution in [0.3, 0.4) is 0 Å². The first-order chi connectivity index (χ1) is 8.39. The van der Waals surface area contributed by atoms with Gasteiger partial charge in [-0.05, 0) is 37.0 Å². The van der Waals surface area contributed by atoms with Crippen LogP contribution in [0.5, 0.6) is 5.75 Å². The van der Waals surface area contributed by atoms with Crippen molar-refractivity contribution in [3.8, 4) is 5.75 Å². The van der Waals surface area contributed by atoms with E-state index >= 15 is 0 Å². The summed E-state index contributed by atoms with van der Waals surface area (Å²) in [6.07, 6.45) is 3.49. The highest BCUT2D eigenvalue weighted by Gasteiger charge is 2.40. The number of benzene rings is 2. The fourth-order valence-corrected chi connectivity index (χ4v) is 2.40. The summed E-state index contributed by atoms with van der Waals surface area (Å²) in [5.41, 5.74) is 1.22. The minimum absolute atomic E-state index is 0.0807. The molecule has 2 aromatic rings. The van der Waals surface area contributed by atoms with Crippen molar-refractivity contribution >= 4 is 0 Å². The zero-order valence-corrected chi connectivity index (χ0v) is 9.80. The summed E-state index contributed by atoms with van der Waals surface area (Å²) in [6.45, 7) is 0. The predicted octanol–water partition coefficient (Wildman–Crippen LogP) is 4.14. The molecule has 0 spiro atoms. The second kappa shape index (κ2) is 4.25. The molecule has 1 aliphatic rings. The molecule has 1 fully saturated rings. The Kier molecular flexibility index (Phi) is 2.60. The highest BCUT2D eigenvalue weighted by atomic mass is 16.5. The van der Waals surface area contributed by atoms with Crippen molar-refractivity contribution in [2.75, 3.05) is 0 Å². The number of rotatable bonds is 3. The first-order valence-corrected chi connectivity index (χ1v) is 6.19. The number of hydrogen-bond acceptors (Lipinski definition) is 1. The molecule has 0 bridgehead atoms. The molecule has 1 saturated carbocycles. The molecule has 0 atom stereocenters. The fourth-order valence-electron chi connectivity index (χ4n) is 2.40. The van der Waals surface area contributed by atoms with Gasteiger partial charge in [-0.15, -0.1) is 0 Å². The Bertz CT molecular complexity index is 471. The molecule has 3 rings (SSSR count). The normalized spacial score (nSPS) is 17.2. The largest absolute Gasteiger partial charge is 0.483 e. The summed E-state index contributed by atoms with van der Waals surface area (Å²) in [4.78, 5) is 0. The van der Waals surface area contributed by atoms with Crippen LogP contribution in [0.4, 0.5) is 0 Å². The average Bonchev–Trinajstić information content (AvgIpc) is 2.36. The van der Waals surface area contributed by atoms with Gasteiger partial charge in [0, 0.05) is 0 Å². The minimum atomic E-state index is -0.0807. The monoisotopic (exact) mass is 224 g/mol. The van der Waals surface area contributed by atoms with Gasteiger partial charge in [-0.1, -0.05) is 48.5 Å². The lowest BCUT2D eigenvalue weighted by Gasteiger charge is -2.42. The van der Waals surface area contributed by atoms with E-state index in [1.54, 1.807) is 0 Å². The van der Waals surface area contributed by atoms with E-state index in [-0.39, 0.29) is 5.60 Å². The third-order valence-corrected chi connectivity index (χ3v) is 3.52. The standard InChI is InChI=1S/C16H16O/c1-3-8-14(9-4-1)16(12-7-13-16)17-15-10-5-2-6-11-15/h1-6,8-11H,7,12-13H2. The Hall–Kier alpha value is -1.76. The molecule has 86 valence electrons. The van der Waals surface area contributed by atoms with E-state index in [0.717, 1.165) is 18.6 Å². The Morgan fingerprint density at radius 2 is 1.35 bits per heavy atom. The van der Waals surface area contributed by atoms with E-state index in [0.29, 0.717) is 0 Å². The molecule has 0 saturated heterocycles. The molecule has 2 aromatic carbocycles. The SMILES string of the molecule is c1ccc(OC2(c3ccccc3)CCC2)cc1. The third kappa shape index (κ3) is 1.93. The number of para-hydroxylation sites is 1. The van der Waals surface area contributed by atoms with Crippen LogP contribution in [0.2, 0.25) is 0 Å². The van der Waals surface area contributed by atoms with Gasteiger partial charge in [0.05, 0.1) is 0 Å². The van der Waals surface area contributed by atoms with E-state index in [1.165, 1.54) is 12.0 Å². The second-order valence-corrected chi connectivity index (χ2v) is 4.63. The van der Waals surface area contributed by atoms with Crippen molar-refractivity contribution in [1.82, 2.24) is 0 Å². The first-order valence-electron chi connectivity index (χ1n) is 6.19. The number of ether oxygens (including phenoxy) is 1. The molecule has 1 nitrogen and oxygen atoms in total. The van der Waals surface area contributed by atoms with Gasteiger partial charge in [0.1, 0.15) is 11.4 Å². The van der Waals surface area contributed by atoms with Crippen LogP contribution in [0.25, 0.3) is 0 Å². The third-order valence-electron chi connectivity index (χ3n) is 3.52. The zero-order chi connectivity index (χ0) is 11.6. The van der Waals surface area contributed by atoms with Gasteiger partial charge in [-0.2, -0.15) is 0 Å². The van der Waals surface area contributed by atoms with Gasteiger partial charge >= 0.3 is 0 Å². The van der Waals surface area contributed by atoms with Gasteiger partial charge in [-0.3, -0.25) is 0 Å². The van der Waals surface area contributed by atoms with Crippen LogP contribution in [0, 0.1) is 0 Å². The maximum Gasteiger partial charge on any atom is 0.134 e. The minimum Gasteiger partial charge on any atom is -0.483 e. The molecule has 0 radical (unpaired) electrons. The first kappa shape index (κ1) is 10.4. The van der Waals surface area contributed by atoms with Crippen molar-refractivity contribution in [1.29, 1.82) is 0 Å². The summed E-state index contributed by atoms with van der Waals surface area (Å²) < 4.78 is 6.22. The van der Waals surface area contributed by atoms with E-state index in [2.05, 4.69) is 30.3 Å². The zero-order valence-electron chi connectivity index (χ0n) is 9.80. The van der Waals surface area contributed by atoms with Gasteiger partial charge in [0.2, 0.25) is 0 Å². The molecule has 1 heteroatoms. The van der Waals surface area contributed by atoms with Crippen LogP contribution in [-0.4, -0.2) is 0 Å². The molecule has 0 aliphatic heterocycles. The lowest BCUT2D eigenvalue weighted by Crippen LogP contribution is -2.40. The van der Waals surface area contributed by atoms with Crippen molar-refractivity contribution in [3.05, 3.63) is 66.2 Å². The molecule has 0 heterocycles. The topological polar surface area (TPSA) is 9.23 Å². The summed E-state index contributed by atoms with van der Waals surface area (Å²) in [5.74, 6) is 0.969. The van der Waals surface area contributed by atoms with Crippen LogP contribution >= 0.6 is 0 Å². The molecule has 1 aliphatic carbocycles. The smallest absolute Gasteiger partial charge is 0.134 e. The quantitative estimate of drug-likeness (QED) is 0.761. The van der Waals surface area contributed by atoms with E-state index in [4.69, 9.17) is 4.74 Å². The van der Waals surface area contributed by atoms with E-state index < -0.39 is 0 Å². The molecular weight excluding hydrogens is 208 g/mol. The molecule has 0 unspecified atom stereocenters. The van der Waals surface area contributed by atoms with Crippen LogP contribution < -0.4 is 4.74 Å². The van der Waals surface area contributed by atoms with Crippen molar-refractivity contribution in [3.63, 3.8) is 0 Å². The van der Waals surface area contributed by atoms with Gasteiger partial charge in [0.15, 0.2) is 0 Å². The molecule has 0 amide bonds. The maximum atomic E-state index is 6.22. The van der Waals surface area contributed by atoms with Gasteiger partial charge < -0.3 is 4.74 Å². The molecule has 0 N–H and O–H groups in total. The van der Waals surface area contributed by atoms with Crippen molar-refractivity contribution in [2.24, 2.45) is 0 Å². The van der Waals surface area contributed by atoms with Gasteiger partial charge in [-0.25, -0.2) is 0 Å².